The highest BCUT2D eigenvalue weighted by Crippen LogP contribution is 2.18. The van der Waals surface area contributed by atoms with Crippen LogP contribution in [0, 0.1) is 0 Å². The van der Waals surface area contributed by atoms with Gasteiger partial charge in [0.05, 0.1) is 4.90 Å². The fourth-order valence-corrected chi connectivity index (χ4v) is 2.70. The number of sulfonamides is 1. The Bertz CT molecular complexity index is 483. The van der Waals surface area contributed by atoms with Crippen LogP contribution in [-0.2, 0) is 14.8 Å². The van der Waals surface area contributed by atoms with Crippen molar-refractivity contribution in [1.29, 1.82) is 0 Å². The first-order valence-electron chi connectivity index (χ1n) is 4.74. The Balaban J connectivity index is 3.25. The summed E-state index contributed by atoms with van der Waals surface area (Å²) in [6.07, 6.45) is 0.309. The second kappa shape index (κ2) is 4.52. The van der Waals surface area contributed by atoms with Crippen LogP contribution in [0.25, 0.3) is 0 Å². The van der Waals surface area contributed by atoms with E-state index in [2.05, 4.69) is 0 Å². The van der Waals surface area contributed by atoms with Gasteiger partial charge in [-0.15, -0.1) is 0 Å². The summed E-state index contributed by atoms with van der Waals surface area (Å²) in [6.45, 7) is 3.25. The largest absolute Gasteiger partial charge is 0.399 e. The van der Waals surface area contributed by atoms with Gasteiger partial charge in [-0.05, 0) is 32.0 Å². The molecular weight excluding hydrogens is 228 g/mol. The van der Waals surface area contributed by atoms with Crippen LogP contribution in [0.2, 0.25) is 0 Å². The van der Waals surface area contributed by atoms with Crippen molar-refractivity contribution in [2.24, 2.45) is 0 Å². The first kappa shape index (κ1) is 12.5. The molecule has 0 unspecified atom stereocenters. The molecular formula is C10H14N2O3S. The average Bonchev–Trinajstić information content (AvgIpc) is 2.17. The monoisotopic (exact) mass is 242 g/mol. The normalized spacial score (nSPS) is 11.4. The Kier molecular flexibility index (Phi) is 3.54. The SMILES string of the molecule is CC(C)N(C=O)S(=O)(=O)c1cccc(N)c1. The number of nitrogens with two attached hydrogens (primary N) is 1. The van der Waals surface area contributed by atoms with Crippen molar-refractivity contribution in [2.45, 2.75) is 24.8 Å². The van der Waals surface area contributed by atoms with Gasteiger partial charge in [-0.25, -0.2) is 12.7 Å². The quantitative estimate of drug-likeness (QED) is 0.626. The molecule has 2 N–H and O–H groups in total. The number of carbonyl (C=O) groups excluding carboxylic acids is 1. The molecule has 1 amide bonds. The van der Waals surface area contributed by atoms with Gasteiger partial charge in [0.15, 0.2) is 0 Å². The minimum absolute atomic E-state index is 0.0216. The van der Waals surface area contributed by atoms with E-state index >= 15 is 0 Å². The second-order valence-corrected chi connectivity index (χ2v) is 5.45. The second-order valence-electron chi connectivity index (χ2n) is 3.61. The first-order chi connectivity index (χ1) is 7.39. The summed E-state index contributed by atoms with van der Waals surface area (Å²) in [5, 5.41) is 0. The number of benzene rings is 1. The molecule has 0 bridgehead atoms. The molecule has 0 aliphatic heterocycles. The average molecular weight is 242 g/mol. The van der Waals surface area contributed by atoms with Gasteiger partial charge in [0, 0.05) is 11.7 Å². The third-order valence-corrected chi connectivity index (χ3v) is 3.96. The van der Waals surface area contributed by atoms with E-state index in [0.717, 1.165) is 4.31 Å². The first-order valence-corrected chi connectivity index (χ1v) is 6.18. The van der Waals surface area contributed by atoms with Crippen LogP contribution in [0.15, 0.2) is 29.2 Å². The lowest BCUT2D eigenvalue weighted by Crippen LogP contribution is -2.35. The lowest BCUT2D eigenvalue weighted by atomic mass is 10.3. The molecule has 0 aliphatic carbocycles. The molecule has 16 heavy (non-hydrogen) atoms. The van der Waals surface area contributed by atoms with Gasteiger partial charge in [0.1, 0.15) is 0 Å². The summed E-state index contributed by atoms with van der Waals surface area (Å²) in [5.74, 6) is 0. The summed E-state index contributed by atoms with van der Waals surface area (Å²) >= 11 is 0. The van der Waals surface area contributed by atoms with Crippen molar-refractivity contribution in [1.82, 2.24) is 4.31 Å². The van der Waals surface area contributed by atoms with Crippen LogP contribution < -0.4 is 5.73 Å². The van der Waals surface area contributed by atoms with E-state index in [-0.39, 0.29) is 4.90 Å². The van der Waals surface area contributed by atoms with Crippen molar-refractivity contribution in [3.63, 3.8) is 0 Å². The molecule has 0 atom stereocenters. The Labute approximate surface area is 94.9 Å². The molecule has 1 aromatic rings. The van der Waals surface area contributed by atoms with E-state index in [9.17, 15) is 13.2 Å². The molecule has 0 aliphatic rings. The maximum Gasteiger partial charge on any atom is 0.266 e. The molecule has 1 aromatic carbocycles. The molecule has 0 heterocycles. The third kappa shape index (κ3) is 2.33. The number of anilines is 1. The van der Waals surface area contributed by atoms with E-state index in [1.165, 1.54) is 18.2 Å². The topological polar surface area (TPSA) is 80.5 Å². The highest BCUT2D eigenvalue weighted by Gasteiger charge is 2.25. The summed E-state index contributed by atoms with van der Waals surface area (Å²) in [5.41, 5.74) is 5.84. The zero-order valence-electron chi connectivity index (χ0n) is 9.12. The standard InChI is InChI=1S/C10H14N2O3S/c1-8(2)12(7-13)16(14,15)10-5-3-4-9(11)6-10/h3-8H,11H2,1-2H3. The number of nitrogens with zero attached hydrogens (tertiary/aromatic N) is 1. The summed E-state index contributed by atoms with van der Waals surface area (Å²) in [7, 11) is -3.79. The molecule has 6 heteroatoms. The number of hydrogen-bond donors (Lipinski definition) is 1. The lowest BCUT2D eigenvalue weighted by molar-refractivity contribution is -0.115. The van der Waals surface area contributed by atoms with Gasteiger partial charge in [-0.2, -0.15) is 0 Å². The number of rotatable bonds is 4. The minimum atomic E-state index is -3.79. The van der Waals surface area contributed by atoms with Crippen molar-refractivity contribution >= 4 is 22.1 Å². The Hall–Kier alpha value is -1.56. The molecule has 0 saturated carbocycles. The van der Waals surface area contributed by atoms with Gasteiger partial charge in [0.25, 0.3) is 10.0 Å². The molecule has 5 nitrogen and oxygen atoms in total. The van der Waals surface area contributed by atoms with E-state index < -0.39 is 16.1 Å². The number of carbonyl (C=O) groups is 1. The zero-order chi connectivity index (χ0) is 12.3. The third-order valence-electron chi connectivity index (χ3n) is 2.05. The molecule has 0 spiro atoms. The Morgan fingerprint density at radius 3 is 2.44 bits per heavy atom. The Morgan fingerprint density at radius 2 is 2.00 bits per heavy atom. The van der Waals surface area contributed by atoms with Gasteiger partial charge >= 0.3 is 0 Å². The summed E-state index contributed by atoms with van der Waals surface area (Å²) < 4.78 is 24.8. The molecule has 0 saturated heterocycles. The summed E-state index contributed by atoms with van der Waals surface area (Å²) in [6, 6.07) is 5.42. The van der Waals surface area contributed by atoms with Gasteiger partial charge in [0.2, 0.25) is 6.41 Å². The zero-order valence-corrected chi connectivity index (χ0v) is 9.94. The molecule has 0 radical (unpaired) electrons. The van der Waals surface area contributed by atoms with Crippen molar-refractivity contribution in [2.75, 3.05) is 5.73 Å². The van der Waals surface area contributed by atoms with Gasteiger partial charge < -0.3 is 5.73 Å². The van der Waals surface area contributed by atoms with Crippen LogP contribution in [0.5, 0.6) is 0 Å². The number of amides is 1. The maximum atomic E-state index is 12.0. The van der Waals surface area contributed by atoms with Crippen molar-refractivity contribution in [3.05, 3.63) is 24.3 Å². The number of hydrogen-bond acceptors (Lipinski definition) is 4. The molecule has 1 rings (SSSR count). The maximum absolute atomic E-state index is 12.0. The lowest BCUT2D eigenvalue weighted by Gasteiger charge is -2.21. The summed E-state index contributed by atoms with van der Waals surface area (Å²) in [4.78, 5) is 10.8. The van der Waals surface area contributed by atoms with Gasteiger partial charge in [-0.1, -0.05) is 6.07 Å². The van der Waals surface area contributed by atoms with E-state index in [4.69, 9.17) is 5.73 Å². The van der Waals surface area contributed by atoms with Crippen molar-refractivity contribution in [3.8, 4) is 0 Å². The molecule has 88 valence electrons. The predicted octanol–water partition coefficient (Wildman–Crippen LogP) is 0.824. The molecule has 0 fully saturated rings. The molecule has 0 aromatic heterocycles. The van der Waals surface area contributed by atoms with Crippen LogP contribution >= 0.6 is 0 Å². The van der Waals surface area contributed by atoms with E-state index in [1.807, 2.05) is 0 Å². The number of nitrogen functional groups attached to an aromatic ring is 1. The predicted molar refractivity (Wildman–Crippen MR) is 61.1 cm³/mol. The highest BCUT2D eigenvalue weighted by atomic mass is 32.2. The smallest absolute Gasteiger partial charge is 0.266 e. The minimum Gasteiger partial charge on any atom is -0.399 e. The Morgan fingerprint density at radius 1 is 1.38 bits per heavy atom. The van der Waals surface area contributed by atoms with Gasteiger partial charge in [-0.3, -0.25) is 4.79 Å². The van der Waals surface area contributed by atoms with Crippen LogP contribution in [0.3, 0.4) is 0 Å². The highest BCUT2D eigenvalue weighted by molar-refractivity contribution is 7.89. The fourth-order valence-electron chi connectivity index (χ4n) is 1.25. The van der Waals surface area contributed by atoms with Crippen LogP contribution in [0.4, 0.5) is 5.69 Å². The van der Waals surface area contributed by atoms with Crippen LogP contribution in [-0.4, -0.2) is 25.2 Å². The van der Waals surface area contributed by atoms with Crippen LogP contribution in [0.1, 0.15) is 13.8 Å². The van der Waals surface area contributed by atoms with E-state index in [0.29, 0.717) is 12.1 Å². The van der Waals surface area contributed by atoms with E-state index in [1.54, 1.807) is 19.9 Å². The van der Waals surface area contributed by atoms with Crippen molar-refractivity contribution < 1.29 is 13.2 Å². The fraction of sp³-hybridized carbons (Fsp3) is 0.300.